The quantitative estimate of drug-likeness (QED) is 0.696. The second-order valence-electron chi connectivity index (χ2n) is 5.60. The molecule has 138 valence electrons. The largest absolute Gasteiger partial charge is 0.496 e. The molecule has 0 aromatic heterocycles. The topological polar surface area (TPSA) is 76.7 Å². The van der Waals surface area contributed by atoms with E-state index in [1.165, 1.54) is 14.2 Å². The van der Waals surface area contributed by atoms with Crippen LogP contribution in [0.5, 0.6) is 5.75 Å². The third-order valence-corrected chi connectivity index (χ3v) is 4.56. The van der Waals surface area contributed by atoms with Crippen LogP contribution in [0.4, 0.5) is 4.79 Å². The van der Waals surface area contributed by atoms with Gasteiger partial charge in [0.2, 0.25) is 0 Å². The molecule has 1 unspecified atom stereocenters. The molecule has 0 heterocycles. The number of esters is 1. The van der Waals surface area contributed by atoms with Gasteiger partial charge in [-0.2, -0.15) is 0 Å². The third-order valence-electron chi connectivity index (χ3n) is 3.84. The van der Waals surface area contributed by atoms with Crippen LogP contribution in [0.25, 0.3) is 0 Å². The standard InChI is InChI=1S/C19H21BrN2O4/c1-12(14-6-4-5-7-16(14)20)22-19(24)21-11-13-8-9-17(25-2)15(10-13)18(23)26-3/h4-10,12H,11H2,1-3H3,(H2,21,22,24). The number of benzene rings is 2. The number of rotatable bonds is 6. The lowest BCUT2D eigenvalue weighted by atomic mass is 10.1. The first-order chi connectivity index (χ1) is 12.5. The van der Waals surface area contributed by atoms with Crippen molar-refractivity contribution >= 4 is 27.9 Å². The lowest BCUT2D eigenvalue weighted by Crippen LogP contribution is -2.36. The summed E-state index contributed by atoms with van der Waals surface area (Å²) in [5.41, 5.74) is 2.06. The molecule has 0 aliphatic carbocycles. The third kappa shape index (κ3) is 4.98. The fraction of sp³-hybridized carbons (Fsp3) is 0.263. The molecule has 2 aromatic rings. The van der Waals surface area contributed by atoms with Crippen LogP contribution < -0.4 is 15.4 Å². The van der Waals surface area contributed by atoms with Crippen LogP contribution in [0.3, 0.4) is 0 Å². The van der Waals surface area contributed by atoms with Crippen molar-refractivity contribution in [2.45, 2.75) is 19.5 Å². The number of amides is 2. The molecule has 0 fully saturated rings. The van der Waals surface area contributed by atoms with Crippen molar-refractivity contribution < 1.29 is 19.1 Å². The highest BCUT2D eigenvalue weighted by Gasteiger charge is 2.15. The zero-order chi connectivity index (χ0) is 19.1. The van der Waals surface area contributed by atoms with E-state index in [2.05, 4.69) is 26.6 Å². The van der Waals surface area contributed by atoms with Gasteiger partial charge < -0.3 is 20.1 Å². The lowest BCUT2D eigenvalue weighted by molar-refractivity contribution is 0.0597. The van der Waals surface area contributed by atoms with Gasteiger partial charge in [-0.3, -0.25) is 0 Å². The molecule has 2 aromatic carbocycles. The van der Waals surface area contributed by atoms with E-state index in [1.807, 2.05) is 31.2 Å². The Morgan fingerprint density at radius 3 is 2.54 bits per heavy atom. The maximum atomic E-state index is 12.2. The Kier molecular flexibility index (Phi) is 7.03. The van der Waals surface area contributed by atoms with E-state index >= 15 is 0 Å². The van der Waals surface area contributed by atoms with Gasteiger partial charge in [-0.15, -0.1) is 0 Å². The molecule has 0 saturated heterocycles. The first-order valence-electron chi connectivity index (χ1n) is 8.00. The number of ether oxygens (including phenoxy) is 2. The maximum absolute atomic E-state index is 12.2. The van der Waals surface area contributed by atoms with Crippen molar-refractivity contribution in [2.75, 3.05) is 14.2 Å². The first-order valence-corrected chi connectivity index (χ1v) is 8.79. The van der Waals surface area contributed by atoms with E-state index < -0.39 is 5.97 Å². The Morgan fingerprint density at radius 2 is 1.88 bits per heavy atom. The van der Waals surface area contributed by atoms with Crippen LogP contribution in [0, 0.1) is 0 Å². The molecule has 0 aliphatic heterocycles. The summed E-state index contributed by atoms with van der Waals surface area (Å²) in [6.07, 6.45) is 0. The normalized spacial score (nSPS) is 11.4. The molecular weight excluding hydrogens is 400 g/mol. The molecular formula is C19H21BrN2O4. The molecule has 2 amide bonds. The van der Waals surface area contributed by atoms with Crippen molar-refractivity contribution in [3.05, 3.63) is 63.6 Å². The molecule has 7 heteroatoms. The number of carbonyl (C=O) groups excluding carboxylic acids is 2. The highest BCUT2D eigenvalue weighted by Crippen LogP contribution is 2.23. The van der Waals surface area contributed by atoms with Gasteiger partial charge in [-0.05, 0) is 36.2 Å². The van der Waals surface area contributed by atoms with Crippen LogP contribution in [0.15, 0.2) is 46.9 Å². The van der Waals surface area contributed by atoms with Crippen molar-refractivity contribution in [3.63, 3.8) is 0 Å². The average Bonchev–Trinajstić information content (AvgIpc) is 2.65. The number of nitrogens with one attached hydrogen (secondary N) is 2. The maximum Gasteiger partial charge on any atom is 0.341 e. The fourth-order valence-corrected chi connectivity index (χ4v) is 3.10. The molecule has 2 rings (SSSR count). The molecule has 26 heavy (non-hydrogen) atoms. The van der Waals surface area contributed by atoms with E-state index in [1.54, 1.807) is 18.2 Å². The number of hydrogen-bond donors (Lipinski definition) is 2. The van der Waals surface area contributed by atoms with Gasteiger partial charge in [0.15, 0.2) is 0 Å². The molecule has 0 radical (unpaired) electrons. The number of halogens is 1. The molecule has 1 atom stereocenters. The number of methoxy groups -OCH3 is 2. The van der Waals surface area contributed by atoms with E-state index in [4.69, 9.17) is 9.47 Å². The fourth-order valence-electron chi connectivity index (χ4n) is 2.47. The van der Waals surface area contributed by atoms with E-state index in [0.717, 1.165) is 15.6 Å². The van der Waals surface area contributed by atoms with Gasteiger partial charge in [0.05, 0.1) is 20.3 Å². The minimum absolute atomic E-state index is 0.160. The summed E-state index contributed by atoms with van der Waals surface area (Å²) in [5.74, 6) is -0.0664. The minimum atomic E-state index is -0.490. The second-order valence-corrected chi connectivity index (χ2v) is 6.45. The van der Waals surface area contributed by atoms with Crippen molar-refractivity contribution in [1.82, 2.24) is 10.6 Å². The van der Waals surface area contributed by atoms with Gasteiger partial charge in [0.25, 0.3) is 0 Å². The van der Waals surface area contributed by atoms with E-state index in [9.17, 15) is 9.59 Å². The summed E-state index contributed by atoms with van der Waals surface area (Å²) in [5, 5.41) is 5.66. The van der Waals surface area contributed by atoms with Crippen molar-refractivity contribution in [3.8, 4) is 5.75 Å². The van der Waals surface area contributed by atoms with Gasteiger partial charge in [-0.25, -0.2) is 9.59 Å². The summed E-state index contributed by atoms with van der Waals surface area (Å²) < 4.78 is 10.8. The summed E-state index contributed by atoms with van der Waals surface area (Å²) in [6, 6.07) is 12.3. The van der Waals surface area contributed by atoms with Crippen LogP contribution in [0.2, 0.25) is 0 Å². The predicted molar refractivity (Wildman–Crippen MR) is 102 cm³/mol. The monoisotopic (exact) mass is 420 g/mol. The lowest BCUT2D eigenvalue weighted by Gasteiger charge is -2.16. The summed E-state index contributed by atoms with van der Waals surface area (Å²) in [6.45, 7) is 2.17. The zero-order valence-corrected chi connectivity index (χ0v) is 16.4. The Labute approximate surface area is 161 Å². The van der Waals surface area contributed by atoms with E-state index in [0.29, 0.717) is 11.3 Å². The molecule has 0 saturated carbocycles. The number of urea groups is 1. The van der Waals surface area contributed by atoms with Crippen molar-refractivity contribution in [1.29, 1.82) is 0 Å². The highest BCUT2D eigenvalue weighted by molar-refractivity contribution is 9.10. The van der Waals surface area contributed by atoms with Gasteiger partial charge >= 0.3 is 12.0 Å². The van der Waals surface area contributed by atoms with Gasteiger partial charge in [-0.1, -0.05) is 40.2 Å². The van der Waals surface area contributed by atoms with Crippen molar-refractivity contribution in [2.24, 2.45) is 0 Å². The van der Waals surface area contributed by atoms with Gasteiger partial charge in [0, 0.05) is 11.0 Å². The molecule has 0 aliphatic rings. The van der Waals surface area contributed by atoms with E-state index in [-0.39, 0.29) is 18.6 Å². The summed E-state index contributed by atoms with van der Waals surface area (Å²) in [7, 11) is 2.79. The average molecular weight is 421 g/mol. The first kappa shape index (κ1) is 19.8. The second kappa shape index (κ2) is 9.24. The Balaban J connectivity index is 1.99. The number of hydrogen-bond acceptors (Lipinski definition) is 4. The zero-order valence-electron chi connectivity index (χ0n) is 14.8. The highest BCUT2D eigenvalue weighted by atomic mass is 79.9. The van der Waals surface area contributed by atoms with Crippen LogP contribution >= 0.6 is 15.9 Å². The molecule has 0 bridgehead atoms. The molecule has 6 nitrogen and oxygen atoms in total. The van der Waals surface area contributed by atoms with Crippen LogP contribution in [-0.4, -0.2) is 26.2 Å². The molecule has 2 N–H and O–H groups in total. The minimum Gasteiger partial charge on any atom is -0.496 e. The van der Waals surface area contributed by atoms with Gasteiger partial charge in [0.1, 0.15) is 11.3 Å². The molecule has 0 spiro atoms. The summed E-state index contributed by atoms with van der Waals surface area (Å²) in [4.78, 5) is 24.0. The number of carbonyl (C=O) groups is 2. The predicted octanol–water partition coefficient (Wildman–Crippen LogP) is 3.80. The smallest absolute Gasteiger partial charge is 0.341 e. The van der Waals surface area contributed by atoms with Crippen LogP contribution in [0.1, 0.15) is 34.5 Å². The Hall–Kier alpha value is -2.54. The van der Waals surface area contributed by atoms with Crippen LogP contribution in [-0.2, 0) is 11.3 Å². The Morgan fingerprint density at radius 1 is 1.15 bits per heavy atom. The SMILES string of the molecule is COC(=O)c1cc(CNC(=O)NC(C)c2ccccc2Br)ccc1OC. The Bertz CT molecular complexity index is 795. The summed E-state index contributed by atoms with van der Waals surface area (Å²) >= 11 is 3.48.